The third-order valence-corrected chi connectivity index (χ3v) is 5.60. The van der Waals surface area contributed by atoms with Gasteiger partial charge in [-0.2, -0.15) is 0 Å². The molecule has 140 valence electrons. The van der Waals surface area contributed by atoms with Gasteiger partial charge in [-0.1, -0.05) is 18.2 Å². The van der Waals surface area contributed by atoms with E-state index >= 15 is 0 Å². The van der Waals surface area contributed by atoms with Crippen LogP contribution in [0.2, 0.25) is 0 Å². The van der Waals surface area contributed by atoms with Gasteiger partial charge in [0.25, 0.3) is 5.91 Å². The highest BCUT2D eigenvalue weighted by atomic mass is 32.2. The zero-order valence-corrected chi connectivity index (χ0v) is 16.6. The number of carbonyl (C=O) groups excluding carboxylic acids is 1. The average Bonchev–Trinajstić information content (AvgIpc) is 2.60. The first-order valence-electron chi connectivity index (χ1n) is 7.85. The first-order chi connectivity index (χ1) is 12.3. The summed E-state index contributed by atoms with van der Waals surface area (Å²) in [7, 11) is -1.70. The molecule has 0 aromatic heterocycles. The van der Waals surface area contributed by atoms with Gasteiger partial charge in [-0.3, -0.25) is 4.79 Å². The van der Waals surface area contributed by atoms with Crippen LogP contribution < -0.4 is 10.1 Å². The second kappa shape index (κ2) is 9.07. The largest absolute Gasteiger partial charge is 0.484 e. The van der Waals surface area contributed by atoms with Crippen molar-refractivity contribution < 1.29 is 17.9 Å². The molecule has 0 saturated heterocycles. The van der Waals surface area contributed by atoms with Crippen molar-refractivity contribution in [3.63, 3.8) is 0 Å². The van der Waals surface area contributed by atoms with Crippen LogP contribution in [0.25, 0.3) is 0 Å². The molecule has 0 aliphatic carbocycles. The lowest BCUT2D eigenvalue weighted by atomic mass is 10.2. The minimum absolute atomic E-state index is 0.105. The molecule has 1 N–H and O–H groups in total. The number of nitrogens with zero attached hydrogens (tertiary/aromatic N) is 1. The molecule has 0 heterocycles. The van der Waals surface area contributed by atoms with E-state index < -0.39 is 10.0 Å². The molecule has 0 bridgehead atoms. The maximum absolute atomic E-state index is 12.0. The first-order valence-corrected chi connectivity index (χ1v) is 10.9. The average molecular weight is 395 g/mol. The second-order valence-electron chi connectivity index (χ2n) is 5.73. The van der Waals surface area contributed by atoms with Gasteiger partial charge in [0.2, 0.25) is 10.0 Å². The van der Waals surface area contributed by atoms with E-state index in [1.54, 1.807) is 36.0 Å². The summed E-state index contributed by atoms with van der Waals surface area (Å²) in [5, 5.41) is 2.79. The van der Waals surface area contributed by atoms with E-state index in [1.807, 2.05) is 30.5 Å². The Labute approximate surface area is 158 Å². The molecule has 2 aromatic carbocycles. The molecule has 1 amide bonds. The van der Waals surface area contributed by atoms with Crippen LogP contribution in [-0.4, -0.2) is 44.8 Å². The van der Waals surface area contributed by atoms with Gasteiger partial charge in [0.1, 0.15) is 5.75 Å². The van der Waals surface area contributed by atoms with Gasteiger partial charge in [-0.25, -0.2) is 12.7 Å². The van der Waals surface area contributed by atoms with Crippen LogP contribution in [0.3, 0.4) is 0 Å². The summed E-state index contributed by atoms with van der Waals surface area (Å²) in [6.07, 6.45) is 3.14. The Morgan fingerprint density at radius 3 is 2.50 bits per heavy atom. The molecule has 0 unspecified atom stereocenters. The van der Waals surface area contributed by atoms with Crippen molar-refractivity contribution >= 4 is 33.4 Å². The summed E-state index contributed by atoms with van der Waals surface area (Å²) in [6.45, 7) is 0.178. The molecule has 6 nitrogen and oxygen atoms in total. The number of hydrogen-bond acceptors (Lipinski definition) is 5. The van der Waals surface area contributed by atoms with Crippen LogP contribution >= 0.6 is 11.8 Å². The lowest BCUT2D eigenvalue weighted by Crippen LogP contribution is -2.24. The van der Waals surface area contributed by atoms with E-state index in [2.05, 4.69) is 5.32 Å². The lowest BCUT2D eigenvalue weighted by molar-refractivity contribution is -0.118. The van der Waals surface area contributed by atoms with E-state index in [4.69, 9.17) is 4.74 Å². The van der Waals surface area contributed by atoms with E-state index in [0.717, 1.165) is 22.4 Å². The molecule has 2 aromatic rings. The first kappa shape index (κ1) is 20.3. The fourth-order valence-corrected chi connectivity index (χ4v) is 2.96. The van der Waals surface area contributed by atoms with Gasteiger partial charge in [0, 0.05) is 24.2 Å². The van der Waals surface area contributed by atoms with E-state index in [0.29, 0.717) is 5.75 Å². The van der Waals surface area contributed by atoms with E-state index in [1.165, 1.54) is 11.4 Å². The maximum atomic E-state index is 12.0. The van der Waals surface area contributed by atoms with Crippen LogP contribution in [0.15, 0.2) is 53.4 Å². The highest BCUT2D eigenvalue weighted by molar-refractivity contribution is 7.98. The smallest absolute Gasteiger partial charge is 0.262 e. The van der Waals surface area contributed by atoms with E-state index in [-0.39, 0.29) is 19.1 Å². The Kier molecular flexibility index (Phi) is 7.07. The van der Waals surface area contributed by atoms with Gasteiger partial charge >= 0.3 is 0 Å². The second-order valence-corrected chi connectivity index (χ2v) is 8.70. The minimum Gasteiger partial charge on any atom is -0.484 e. The Morgan fingerprint density at radius 1 is 1.19 bits per heavy atom. The number of amides is 1. The number of thioether (sulfide) groups is 1. The number of rotatable bonds is 8. The molecular formula is C18H22N2O4S2. The number of anilines is 1. The van der Waals surface area contributed by atoms with E-state index in [9.17, 15) is 13.2 Å². The summed E-state index contributed by atoms with van der Waals surface area (Å²) >= 11 is 1.60. The molecule has 0 atom stereocenters. The predicted molar refractivity (Wildman–Crippen MR) is 105 cm³/mol. The molecule has 0 fully saturated rings. The molecular weight excluding hydrogens is 372 g/mol. The summed E-state index contributed by atoms with van der Waals surface area (Å²) in [5.74, 6) is 0.299. The fourth-order valence-electron chi connectivity index (χ4n) is 2.11. The van der Waals surface area contributed by atoms with Crippen LogP contribution in [0.5, 0.6) is 5.75 Å². The molecule has 0 aliphatic heterocycles. The van der Waals surface area contributed by atoms with Crippen molar-refractivity contribution in [2.75, 3.05) is 31.5 Å². The van der Waals surface area contributed by atoms with Crippen molar-refractivity contribution in [1.29, 1.82) is 0 Å². The normalized spacial score (nSPS) is 11.4. The number of hydrogen-bond donors (Lipinski definition) is 1. The minimum atomic E-state index is -3.22. The summed E-state index contributed by atoms with van der Waals surface area (Å²) in [6, 6.07) is 14.6. The van der Waals surface area contributed by atoms with Crippen molar-refractivity contribution in [3.8, 4) is 5.75 Å². The van der Waals surface area contributed by atoms with Crippen LogP contribution in [-0.2, 0) is 21.4 Å². The quantitative estimate of drug-likeness (QED) is 0.697. The molecule has 0 radical (unpaired) electrons. The number of nitrogens with one attached hydrogen (secondary N) is 1. The topological polar surface area (TPSA) is 75.7 Å². The molecule has 0 spiro atoms. The van der Waals surface area contributed by atoms with Crippen molar-refractivity contribution in [2.24, 2.45) is 0 Å². The zero-order chi connectivity index (χ0) is 19.2. The van der Waals surface area contributed by atoms with Gasteiger partial charge in [-0.15, -0.1) is 11.8 Å². The molecule has 26 heavy (non-hydrogen) atoms. The predicted octanol–water partition coefficient (Wildman–Crippen LogP) is 2.82. The SMILES string of the molecule is CSc1cccc(NC(=O)COc2ccc(CN(C)S(C)(=O)=O)cc2)c1. The number of benzene rings is 2. The summed E-state index contributed by atoms with van der Waals surface area (Å²) < 4.78 is 29.6. The third-order valence-electron chi connectivity index (χ3n) is 3.62. The summed E-state index contributed by atoms with van der Waals surface area (Å²) in [5.41, 5.74) is 1.56. The van der Waals surface area contributed by atoms with Gasteiger partial charge in [0.05, 0.1) is 6.26 Å². The van der Waals surface area contributed by atoms with Crippen molar-refractivity contribution in [2.45, 2.75) is 11.4 Å². The maximum Gasteiger partial charge on any atom is 0.262 e. The van der Waals surface area contributed by atoms with Crippen LogP contribution in [0.1, 0.15) is 5.56 Å². The Morgan fingerprint density at radius 2 is 1.88 bits per heavy atom. The zero-order valence-electron chi connectivity index (χ0n) is 14.9. The third kappa shape index (κ3) is 6.36. The van der Waals surface area contributed by atoms with Gasteiger partial charge in [0.15, 0.2) is 6.61 Å². The Bertz CT molecular complexity index is 852. The Balaban J connectivity index is 1.86. The van der Waals surface area contributed by atoms with Gasteiger partial charge < -0.3 is 10.1 Å². The summed E-state index contributed by atoms with van der Waals surface area (Å²) in [4.78, 5) is 13.1. The highest BCUT2D eigenvalue weighted by Crippen LogP contribution is 2.19. The number of sulfonamides is 1. The van der Waals surface area contributed by atoms with Crippen molar-refractivity contribution in [1.82, 2.24) is 4.31 Å². The molecule has 2 rings (SSSR count). The lowest BCUT2D eigenvalue weighted by Gasteiger charge is -2.14. The Hall–Kier alpha value is -2.03. The monoisotopic (exact) mass is 394 g/mol. The number of ether oxygens (including phenoxy) is 1. The van der Waals surface area contributed by atoms with Crippen molar-refractivity contribution in [3.05, 3.63) is 54.1 Å². The molecule has 0 aliphatic rings. The highest BCUT2D eigenvalue weighted by Gasteiger charge is 2.11. The van der Waals surface area contributed by atoms with Gasteiger partial charge in [-0.05, 0) is 42.2 Å². The van der Waals surface area contributed by atoms with Crippen LogP contribution in [0, 0.1) is 0 Å². The fraction of sp³-hybridized carbons (Fsp3) is 0.278. The standard InChI is InChI=1S/C18H22N2O4S2/c1-20(26(3,22)23)12-14-7-9-16(10-8-14)24-13-18(21)19-15-5-4-6-17(11-15)25-2/h4-11H,12-13H2,1-3H3,(H,19,21). The molecule has 0 saturated carbocycles. The number of carbonyl (C=O) groups is 1. The molecule has 8 heteroatoms. The van der Waals surface area contributed by atoms with Crippen LogP contribution in [0.4, 0.5) is 5.69 Å².